The molecule has 1 unspecified atom stereocenters. The van der Waals surface area contributed by atoms with Gasteiger partial charge in [-0.1, -0.05) is 24.3 Å². The van der Waals surface area contributed by atoms with E-state index in [4.69, 9.17) is 0 Å². The van der Waals surface area contributed by atoms with Crippen LogP contribution in [0.15, 0.2) is 48.5 Å². The number of carbonyl (C=O) groups is 2. The van der Waals surface area contributed by atoms with Crippen molar-refractivity contribution in [2.45, 2.75) is 24.5 Å². The summed E-state index contributed by atoms with van der Waals surface area (Å²) in [6.07, 6.45) is -0.460. The number of rotatable bonds is 2. The third-order valence-corrected chi connectivity index (χ3v) is 5.33. The molecule has 0 aromatic heterocycles. The van der Waals surface area contributed by atoms with Crippen LogP contribution in [0.5, 0.6) is 0 Å². The fourth-order valence-electron chi connectivity index (χ4n) is 3.68. The summed E-state index contributed by atoms with van der Waals surface area (Å²) in [7, 11) is 0. The van der Waals surface area contributed by atoms with Crippen molar-refractivity contribution in [3.8, 4) is 0 Å². The SMILES string of the molecule is O=C(C(O)c1ccc(F)cc1)N1CCC2(CC1)Nc1ccccc1NC2=O. The number of hydrogen-bond donors (Lipinski definition) is 3. The Morgan fingerprint density at radius 2 is 1.70 bits per heavy atom. The fourth-order valence-corrected chi connectivity index (χ4v) is 3.68. The molecular weight excluding hydrogens is 349 g/mol. The van der Waals surface area contributed by atoms with Gasteiger partial charge in [0.2, 0.25) is 5.91 Å². The van der Waals surface area contributed by atoms with Crippen molar-refractivity contribution in [1.29, 1.82) is 0 Å². The number of aliphatic hydroxyl groups excluding tert-OH is 1. The Labute approximate surface area is 156 Å². The minimum atomic E-state index is -1.34. The predicted octanol–water partition coefficient (Wildman–Crippen LogP) is 2.28. The molecule has 2 aromatic rings. The average Bonchev–Trinajstić information content (AvgIpc) is 2.69. The van der Waals surface area contributed by atoms with E-state index < -0.39 is 23.4 Å². The largest absolute Gasteiger partial charge is 0.378 e. The molecule has 3 N–H and O–H groups in total. The zero-order valence-electron chi connectivity index (χ0n) is 14.6. The number of aliphatic hydroxyl groups is 1. The van der Waals surface area contributed by atoms with E-state index in [-0.39, 0.29) is 5.91 Å². The third-order valence-electron chi connectivity index (χ3n) is 5.33. The lowest BCUT2D eigenvalue weighted by Crippen LogP contribution is -2.59. The number of halogens is 1. The van der Waals surface area contributed by atoms with Crippen LogP contribution in [0, 0.1) is 5.82 Å². The quantitative estimate of drug-likeness (QED) is 0.759. The maximum absolute atomic E-state index is 13.0. The number of fused-ring (bicyclic) bond motifs is 1. The molecule has 6 nitrogen and oxygen atoms in total. The van der Waals surface area contributed by atoms with Gasteiger partial charge < -0.3 is 20.6 Å². The first-order valence-corrected chi connectivity index (χ1v) is 8.89. The third kappa shape index (κ3) is 3.14. The highest BCUT2D eigenvalue weighted by Gasteiger charge is 2.45. The van der Waals surface area contributed by atoms with E-state index >= 15 is 0 Å². The zero-order valence-corrected chi connectivity index (χ0v) is 14.6. The summed E-state index contributed by atoms with van der Waals surface area (Å²) in [6.45, 7) is 0.694. The van der Waals surface area contributed by atoms with E-state index in [1.807, 2.05) is 24.3 Å². The number of nitrogens with one attached hydrogen (secondary N) is 2. The molecule has 140 valence electrons. The van der Waals surface area contributed by atoms with Crippen molar-refractivity contribution < 1.29 is 19.1 Å². The van der Waals surface area contributed by atoms with Crippen LogP contribution in [0.4, 0.5) is 15.8 Å². The van der Waals surface area contributed by atoms with Crippen molar-refractivity contribution in [2.75, 3.05) is 23.7 Å². The summed E-state index contributed by atoms with van der Waals surface area (Å²) in [5.41, 5.74) is 1.21. The van der Waals surface area contributed by atoms with Gasteiger partial charge in [0, 0.05) is 13.1 Å². The molecule has 0 radical (unpaired) electrons. The summed E-state index contributed by atoms with van der Waals surface area (Å²) in [4.78, 5) is 26.8. The summed E-state index contributed by atoms with van der Waals surface area (Å²) in [5, 5.41) is 16.6. The maximum atomic E-state index is 13.0. The van der Waals surface area contributed by atoms with E-state index in [0.717, 1.165) is 11.4 Å². The fraction of sp³-hybridized carbons (Fsp3) is 0.300. The van der Waals surface area contributed by atoms with Gasteiger partial charge in [0.25, 0.3) is 5.91 Å². The van der Waals surface area contributed by atoms with Crippen LogP contribution in [0.2, 0.25) is 0 Å². The molecule has 2 heterocycles. The first kappa shape index (κ1) is 17.5. The monoisotopic (exact) mass is 369 g/mol. The molecule has 1 fully saturated rings. The summed E-state index contributed by atoms with van der Waals surface area (Å²) < 4.78 is 13.0. The second-order valence-electron chi connectivity index (χ2n) is 6.99. The lowest BCUT2D eigenvalue weighted by atomic mass is 9.84. The van der Waals surface area contributed by atoms with Crippen LogP contribution in [0.1, 0.15) is 24.5 Å². The number of hydrogen-bond acceptors (Lipinski definition) is 4. The highest BCUT2D eigenvalue weighted by Crippen LogP contribution is 2.36. The van der Waals surface area contributed by atoms with E-state index in [1.54, 1.807) is 4.90 Å². The lowest BCUT2D eigenvalue weighted by molar-refractivity contribution is -0.143. The summed E-state index contributed by atoms with van der Waals surface area (Å²) in [6, 6.07) is 12.7. The van der Waals surface area contributed by atoms with Gasteiger partial charge in [-0.25, -0.2) is 4.39 Å². The van der Waals surface area contributed by atoms with Crippen LogP contribution in [0.25, 0.3) is 0 Å². The zero-order chi connectivity index (χ0) is 19.0. The van der Waals surface area contributed by atoms with Gasteiger partial charge >= 0.3 is 0 Å². The molecule has 2 aliphatic rings. The highest BCUT2D eigenvalue weighted by atomic mass is 19.1. The van der Waals surface area contributed by atoms with Gasteiger partial charge in [0.15, 0.2) is 6.10 Å². The van der Waals surface area contributed by atoms with E-state index in [2.05, 4.69) is 10.6 Å². The molecule has 2 amide bonds. The number of benzene rings is 2. The highest BCUT2D eigenvalue weighted by molar-refractivity contribution is 6.06. The smallest absolute Gasteiger partial charge is 0.256 e. The second kappa shape index (κ2) is 6.66. The molecule has 2 aliphatic heterocycles. The van der Waals surface area contributed by atoms with Crippen LogP contribution in [-0.2, 0) is 9.59 Å². The van der Waals surface area contributed by atoms with E-state index in [0.29, 0.717) is 31.5 Å². The predicted molar refractivity (Wildman–Crippen MR) is 98.6 cm³/mol. The molecule has 2 aromatic carbocycles. The number of para-hydroxylation sites is 2. The second-order valence-corrected chi connectivity index (χ2v) is 6.99. The minimum Gasteiger partial charge on any atom is -0.378 e. The first-order chi connectivity index (χ1) is 13.0. The molecule has 0 bridgehead atoms. The Kier molecular flexibility index (Phi) is 4.31. The number of likely N-dealkylation sites (tertiary alicyclic amines) is 1. The summed E-state index contributed by atoms with van der Waals surface area (Å²) >= 11 is 0. The number of anilines is 2. The minimum absolute atomic E-state index is 0.104. The van der Waals surface area contributed by atoms with Crippen LogP contribution >= 0.6 is 0 Å². The number of piperidine rings is 1. The van der Waals surface area contributed by atoms with Gasteiger partial charge in [-0.05, 0) is 42.7 Å². The van der Waals surface area contributed by atoms with Gasteiger partial charge in [-0.3, -0.25) is 9.59 Å². The molecule has 0 aliphatic carbocycles. The number of amides is 2. The summed E-state index contributed by atoms with van der Waals surface area (Å²) in [5.74, 6) is -0.964. The normalized spacial score (nSPS) is 19.0. The van der Waals surface area contributed by atoms with Crippen LogP contribution in [-0.4, -0.2) is 40.4 Å². The van der Waals surface area contributed by atoms with Crippen molar-refractivity contribution in [3.63, 3.8) is 0 Å². The molecule has 27 heavy (non-hydrogen) atoms. The van der Waals surface area contributed by atoms with Gasteiger partial charge in [0.1, 0.15) is 11.4 Å². The Morgan fingerprint density at radius 1 is 1.07 bits per heavy atom. The molecule has 1 spiro atoms. The average molecular weight is 369 g/mol. The van der Waals surface area contributed by atoms with Crippen LogP contribution < -0.4 is 10.6 Å². The lowest BCUT2D eigenvalue weighted by Gasteiger charge is -2.44. The Bertz CT molecular complexity index is 876. The maximum Gasteiger partial charge on any atom is 0.256 e. The Hall–Kier alpha value is -2.93. The van der Waals surface area contributed by atoms with Crippen molar-refractivity contribution in [1.82, 2.24) is 4.90 Å². The molecular formula is C20H20FN3O3. The van der Waals surface area contributed by atoms with Gasteiger partial charge in [0.05, 0.1) is 11.4 Å². The molecule has 4 rings (SSSR count). The van der Waals surface area contributed by atoms with E-state index in [9.17, 15) is 19.1 Å². The van der Waals surface area contributed by atoms with Gasteiger partial charge in [-0.2, -0.15) is 0 Å². The Balaban J connectivity index is 1.45. The van der Waals surface area contributed by atoms with Gasteiger partial charge in [-0.15, -0.1) is 0 Å². The first-order valence-electron chi connectivity index (χ1n) is 8.89. The van der Waals surface area contributed by atoms with E-state index in [1.165, 1.54) is 24.3 Å². The topological polar surface area (TPSA) is 81.7 Å². The molecule has 0 saturated carbocycles. The van der Waals surface area contributed by atoms with Crippen molar-refractivity contribution in [3.05, 3.63) is 59.9 Å². The van der Waals surface area contributed by atoms with Crippen LogP contribution in [0.3, 0.4) is 0 Å². The molecule has 1 saturated heterocycles. The standard InChI is InChI=1S/C20H20FN3O3/c21-14-7-5-13(6-8-14)17(25)18(26)24-11-9-20(10-12-24)19(27)22-15-3-1-2-4-16(15)23-20/h1-8,17,23,25H,9-12H2,(H,22,27). The van der Waals surface area contributed by atoms with Crippen molar-refractivity contribution >= 4 is 23.2 Å². The molecule has 7 heteroatoms. The molecule has 1 atom stereocenters. The number of nitrogens with zero attached hydrogens (tertiary/aromatic N) is 1. The number of carbonyl (C=O) groups excluding carboxylic acids is 2. The Morgan fingerprint density at radius 3 is 2.37 bits per heavy atom. The van der Waals surface area contributed by atoms with Crippen molar-refractivity contribution in [2.24, 2.45) is 0 Å².